The molecule has 0 N–H and O–H groups in total. The maximum atomic E-state index is 8.28. The quantitative estimate of drug-likeness (QED) is 0.209. The Labute approximate surface area is 120 Å². The fourth-order valence-electron chi connectivity index (χ4n) is 2.24. The molecule has 5 heteroatoms. The molecule has 110 valence electrons. The van der Waals surface area contributed by atoms with Crippen LogP contribution in [0.4, 0.5) is 0 Å². The third-order valence-electron chi connectivity index (χ3n) is 3.05. The summed E-state index contributed by atoms with van der Waals surface area (Å²) in [7, 11) is 0. The van der Waals surface area contributed by atoms with Crippen LogP contribution in [-0.2, 0) is 15.3 Å². The van der Waals surface area contributed by atoms with E-state index in [4.69, 9.17) is 15.0 Å². The third-order valence-corrected chi connectivity index (χ3v) is 3.05. The van der Waals surface area contributed by atoms with Crippen molar-refractivity contribution >= 4 is 0 Å². The highest BCUT2D eigenvalue weighted by molar-refractivity contribution is 5.20. The van der Waals surface area contributed by atoms with Crippen LogP contribution in [0, 0.1) is 0 Å². The molecule has 0 saturated carbocycles. The molecule has 0 aromatic heterocycles. The van der Waals surface area contributed by atoms with E-state index in [1.54, 1.807) is 0 Å². The Bertz CT molecular complexity index is 410. The molecule has 0 atom stereocenters. The van der Waals surface area contributed by atoms with Gasteiger partial charge in [-0.3, -0.25) is 0 Å². The molecule has 20 heavy (non-hydrogen) atoms. The summed E-state index contributed by atoms with van der Waals surface area (Å²) >= 11 is 0. The Kier molecular flexibility index (Phi) is 7.73. The van der Waals surface area contributed by atoms with Gasteiger partial charge in [-0.05, 0) is 32.2 Å². The summed E-state index contributed by atoms with van der Waals surface area (Å²) in [6, 6.07) is 10.0. The number of unbranched alkanes of at least 4 members (excludes halogenated alkanes) is 1. The molecule has 0 heterocycles. The molecule has 1 rings (SSSR count). The van der Waals surface area contributed by atoms with Gasteiger partial charge in [0.1, 0.15) is 0 Å². The van der Waals surface area contributed by atoms with Crippen molar-refractivity contribution in [3.05, 3.63) is 46.3 Å². The van der Waals surface area contributed by atoms with Crippen LogP contribution in [0.5, 0.6) is 0 Å². The summed E-state index contributed by atoms with van der Waals surface area (Å²) in [6.45, 7) is 5.63. The largest absolute Gasteiger partial charge is 0.346 e. The van der Waals surface area contributed by atoms with E-state index < -0.39 is 5.79 Å². The second-order valence-electron chi connectivity index (χ2n) is 4.40. The zero-order valence-corrected chi connectivity index (χ0v) is 12.3. The number of rotatable bonds is 10. The average Bonchev–Trinajstić information content (AvgIpc) is 2.48. The lowest BCUT2D eigenvalue weighted by Gasteiger charge is -2.34. The molecule has 0 amide bonds. The molecule has 0 radical (unpaired) electrons. The maximum absolute atomic E-state index is 8.28. The molecule has 0 saturated heterocycles. The van der Waals surface area contributed by atoms with Crippen LogP contribution in [0.3, 0.4) is 0 Å². The monoisotopic (exact) mass is 277 g/mol. The predicted octanol–water partition coefficient (Wildman–Crippen LogP) is 4.39. The highest BCUT2D eigenvalue weighted by Gasteiger charge is 2.32. The third kappa shape index (κ3) is 4.85. The van der Waals surface area contributed by atoms with Gasteiger partial charge in [0.25, 0.3) is 0 Å². The molecular formula is C15H23N3O2. The standard InChI is InChI=1S/C15H23N3O2/c1-3-19-15(20-4-2,12-8-9-13-17-18-16)14-10-6-5-7-11-14/h5-7,10-11H,3-4,8-9,12-13H2,1-2H3. The van der Waals surface area contributed by atoms with Crippen molar-refractivity contribution in [2.24, 2.45) is 5.11 Å². The molecular weight excluding hydrogens is 254 g/mol. The van der Waals surface area contributed by atoms with E-state index in [0.29, 0.717) is 19.8 Å². The first-order valence-corrected chi connectivity index (χ1v) is 7.13. The number of benzene rings is 1. The average molecular weight is 277 g/mol. The minimum atomic E-state index is -0.693. The summed E-state index contributed by atoms with van der Waals surface area (Å²) in [5, 5.41) is 3.56. The van der Waals surface area contributed by atoms with Crippen LogP contribution in [0.25, 0.3) is 10.4 Å². The topological polar surface area (TPSA) is 67.2 Å². The van der Waals surface area contributed by atoms with E-state index in [-0.39, 0.29) is 0 Å². The van der Waals surface area contributed by atoms with Crippen molar-refractivity contribution in [3.8, 4) is 0 Å². The molecule has 0 spiro atoms. The van der Waals surface area contributed by atoms with Crippen molar-refractivity contribution in [1.29, 1.82) is 0 Å². The predicted molar refractivity (Wildman–Crippen MR) is 79.2 cm³/mol. The second-order valence-corrected chi connectivity index (χ2v) is 4.40. The smallest absolute Gasteiger partial charge is 0.194 e. The molecule has 0 aliphatic rings. The molecule has 0 unspecified atom stereocenters. The SMILES string of the molecule is CCOC(CCCCN=[N+]=[N-])(OCC)c1ccccc1. The number of hydrogen-bond acceptors (Lipinski definition) is 3. The normalized spacial score (nSPS) is 11.1. The number of nitrogens with zero attached hydrogens (tertiary/aromatic N) is 3. The lowest BCUT2D eigenvalue weighted by molar-refractivity contribution is -0.247. The van der Waals surface area contributed by atoms with Crippen LogP contribution in [-0.4, -0.2) is 19.8 Å². The molecule has 5 nitrogen and oxygen atoms in total. The van der Waals surface area contributed by atoms with Gasteiger partial charge in [-0.25, -0.2) is 0 Å². The molecule has 1 aromatic carbocycles. The summed E-state index contributed by atoms with van der Waals surface area (Å²) in [5.41, 5.74) is 9.32. The summed E-state index contributed by atoms with van der Waals surface area (Å²) in [4.78, 5) is 2.76. The van der Waals surface area contributed by atoms with Crippen LogP contribution < -0.4 is 0 Å². The van der Waals surface area contributed by atoms with E-state index in [0.717, 1.165) is 24.8 Å². The van der Waals surface area contributed by atoms with Crippen LogP contribution >= 0.6 is 0 Å². The Morgan fingerprint density at radius 3 is 2.30 bits per heavy atom. The Morgan fingerprint density at radius 1 is 1.10 bits per heavy atom. The first-order chi connectivity index (χ1) is 9.79. The highest BCUT2D eigenvalue weighted by Crippen LogP contribution is 2.33. The highest BCUT2D eigenvalue weighted by atomic mass is 16.7. The van der Waals surface area contributed by atoms with Crippen LogP contribution in [0.1, 0.15) is 38.7 Å². The Morgan fingerprint density at radius 2 is 1.75 bits per heavy atom. The number of hydrogen-bond donors (Lipinski definition) is 0. The van der Waals surface area contributed by atoms with Gasteiger partial charge in [-0.2, -0.15) is 0 Å². The van der Waals surface area contributed by atoms with E-state index in [9.17, 15) is 0 Å². The number of ether oxygens (including phenoxy) is 2. The molecule has 1 aromatic rings. The van der Waals surface area contributed by atoms with E-state index in [1.807, 2.05) is 44.2 Å². The summed E-state index contributed by atoms with van der Waals surface area (Å²) < 4.78 is 11.9. The van der Waals surface area contributed by atoms with Crippen LogP contribution in [0.2, 0.25) is 0 Å². The van der Waals surface area contributed by atoms with Gasteiger partial charge in [-0.15, -0.1) is 0 Å². The molecule has 0 fully saturated rings. The Balaban J connectivity index is 2.79. The van der Waals surface area contributed by atoms with Gasteiger partial charge in [0.15, 0.2) is 5.79 Å². The van der Waals surface area contributed by atoms with Gasteiger partial charge >= 0.3 is 0 Å². The van der Waals surface area contributed by atoms with E-state index in [1.165, 1.54) is 0 Å². The Hall–Kier alpha value is -1.55. The van der Waals surface area contributed by atoms with Crippen molar-refractivity contribution in [2.75, 3.05) is 19.8 Å². The van der Waals surface area contributed by atoms with Gasteiger partial charge in [0.05, 0.1) is 0 Å². The van der Waals surface area contributed by atoms with Crippen molar-refractivity contribution < 1.29 is 9.47 Å². The first kappa shape index (κ1) is 16.5. The first-order valence-electron chi connectivity index (χ1n) is 7.13. The summed E-state index contributed by atoms with van der Waals surface area (Å²) in [6.07, 6.45) is 2.46. The van der Waals surface area contributed by atoms with Crippen molar-refractivity contribution in [3.63, 3.8) is 0 Å². The zero-order valence-electron chi connectivity index (χ0n) is 12.3. The molecule has 0 aliphatic carbocycles. The lowest BCUT2D eigenvalue weighted by atomic mass is 9.99. The molecule has 0 bridgehead atoms. The minimum Gasteiger partial charge on any atom is -0.346 e. The minimum absolute atomic E-state index is 0.514. The summed E-state index contributed by atoms with van der Waals surface area (Å²) in [5.74, 6) is -0.693. The fraction of sp³-hybridized carbons (Fsp3) is 0.600. The van der Waals surface area contributed by atoms with Gasteiger partial charge in [0, 0.05) is 36.7 Å². The second kappa shape index (κ2) is 9.37. The maximum Gasteiger partial charge on any atom is 0.194 e. The van der Waals surface area contributed by atoms with Gasteiger partial charge in [-0.1, -0.05) is 35.4 Å². The van der Waals surface area contributed by atoms with Gasteiger partial charge in [0.2, 0.25) is 0 Å². The van der Waals surface area contributed by atoms with Crippen LogP contribution in [0.15, 0.2) is 35.4 Å². The van der Waals surface area contributed by atoms with Gasteiger partial charge < -0.3 is 9.47 Å². The molecule has 0 aliphatic heterocycles. The number of azide groups is 1. The van der Waals surface area contributed by atoms with E-state index >= 15 is 0 Å². The fourth-order valence-corrected chi connectivity index (χ4v) is 2.24. The zero-order chi connectivity index (χ0) is 14.7. The van der Waals surface area contributed by atoms with E-state index in [2.05, 4.69) is 10.0 Å². The van der Waals surface area contributed by atoms with Crippen molar-refractivity contribution in [2.45, 2.75) is 38.9 Å². The van der Waals surface area contributed by atoms with Crippen molar-refractivity contribution in [1.82, 2.24) is 0 Å². The lowest BCUT2D eigenvalue weighted by Crippen LogP contribution is -2.33.